The lowest BCUT2D eigenvalue weighted by atomic mass is 9.69. The van der Waals surface area contributed by atoms with Gasteiger partial charge in [-0.3, -0.25) is 9.69 Å². The first-order valence-electron chi connectivity index (χ1n) is 15.1. The molecule has 3 aliphatic heterocycles. The first-order valence-corrected chi connectivity index (χ1v) is 15.1. The summed E-state index contributed by atoms with van der Waals surface area (Å²) >= 11 is 0. The number of alkyl halides is 1. The number of benzene rings is 1. The standard InChI is InChI=1S/C32H39F2N5O2/c1-21(33)29(40)39-19-31(20-39)11-13-38(14-12-31)28-25-8-10-32(9-7-22-5-3-4-6-26(22)32)16-27(25)35-30(36-28)41-18-24-15-23(34)17-37(24)2/h3-6,23-24H,1,7-20H2,2H3/t23-,24+,32?/m1/s1. The van der Waals surface area contributed by atoms with Crippen LogP contribution in [-0.2, 0) is 29.5 Å². The molecule has 2 aliphatic carbocycles. The molecule has 0 N–H and O–H groups in total. The van der Waals surface area contributed by atoms with Gasteiger partial charge < -0.3 is 14.5 Å². The van der Waals surface area contributed by atoms with Crippen LogP contribution in [0.15, 0.2) is 36.7 Å². The van der Waals surface area contributed by atoms with Crippen LogP contribution in [0.2, 0.25) is 0 Å². The molecule has 7 nitrogen and oxygen atoms in total. The van der Waals surface area contributed by atoms with Crippen molar-refractivity contribution in [2.45, 2.75) is 69.0 Å². The Morgan fingerprint density at radius 2 is 1.88 bits per heavy atom. The zero-order valence-electron chi connectivity index (χ0n) is 23.9. The molecule has 2 spiro atoms. The summed E-state index contributed by atoms with van der Waals surface area (Å²) in [6.07, 6.45) is 6.63. The molecule has 4 heterocycles. The van der Waals surface area contributed by atoms with E-state index in [1.54, 1.807) is 4.90 Å². The van der Waals surface area contributed by atoms with Crippen molar-refractivity contribution < 1.29 is 18.3 Å². The average Bonchev–Trinajstić information content (AvgIpc) is 3.47. The van der Waals surface area contributed by atoms with Crippen LogP contribution in [0.25, 0.3) is 0 Å². The lowest BCUT2D eigenvalue weighted by molar-refractivity contribution is -0.142. The number of halogens is 2. The zero-order chi connectivity index (χ0) is 28.4. The Bertz CT molecular complexity index is 1370. The molecule has 1 aromatic carbocycles. The summed E-state index contributed by atoms with van der Waals surface area (Å²) in [5, 5.41) is 0. The van der Waals surface area contributed by atoms with E-state index in [9.17, 15) is 13.6 Å². The molecule has 3 fully saturated rings. The van der Waals surface area contributed by atoms with E-state index in [0.29, 0.717) is 38.7 Å². The van der Waals surface area contributed by atoms with Crippen molar-refractivity contribution in [1.82, 2.24) is 19.8 Å². The van der Waals surface area contributed by atoms with Crippen molar-refractivity contribution in [3.05, 3.63) is 59.1 Å². The van der Waals surface area contributed by atoms with Crippen molar-refractivity contribution >= 4 is 11.7 Å². The number of carbonyl (C=O) groups excluding carboxylic acids is 1. The Kier molecular flexibility index (Phi) is 6.56. The largest absolute Gasteiger partial charge is 0.462 e. The Labute approximate surface area is 240 Å². The fourth-order valence-electron chi connectivity index (χ4n) is 8.17. The number of rotatable bonds is 5. The van der Waals surface area contributed by atoms with Crippen LogP contribution in [-0.4, -0.2) is 84.3 Å². The van der Waals surface area contributed by atoms with Crippen LogP contribution >= 0.6 is 0 Å². The molecule has 1 amide bonds. The Balaban J connectivity index is 1.13. The Morgan fingerprint density at radius 1 is 1.12 bits per heavy atom. The third kappa shape index (κ3) is 4.70. The third-order valence-corrected chi connectivity index (χ3v) is 10.6. The number of amides is 1. The first kappa shape index (κ1) is 26.8. The smallest absolute Gasteiger partial charge is 0.318 e. The molecule has 3 saturated heterocycles. The van der Waals surface area contributed by atoms with E-state index in [2.05, 4.69) is 35.7 Å². The number of aryl methyl sites for hydroxylation is 1. The number of carbonyl (C=O) groups is 1. The second-order valence-electron chi connectivity index (χ2n) is 13.2. The molecule has 5 aliphatic rings. The highest BCUT2D eigenvalue weighted by Gasteiger charge is 2.48. The Morgan fingerprint density at radius 3 is 2.61 bits per heavy atom. The maximum absolute atomic E-state index is 14.0. The number of hydrogen-bond donors (Lipinski definition) is 0. The van der Waals surface area contributed by atoms with Crippen LogP contribution in [0.1, 0.15) is 54.5 Å². The van der Waals surface area contributed by atoms with Gasteiger partial charge in [-0.2, -0.15) is 9.97 Å². The van der Waals surface area contributed by atoms with E-state index in [0.717, 1.165) is 69.5 Å². The van der Waals surface area contributed by atoms with Gasteiger partial charge in [-0.25, -0.2) is 8.78 Å². The number of piperidine rings is 1. The van der Waals surface area contributed by atoms with Crippen LogP contribution in [0.5, 0.6) is 6.01 Å². The Hall–Kier alpha value is -3.07. The van der Waals surface area contributed by atoms with E-state index in [-0.39, 0.29) is 16.9 Å². The van der Waals surface area contributed by atoms with E-state index in [4.69, 9.17) is 14.7 Å². The second kappa shape index (κ2) is 10.0. The summed E-state index contributed by atoms with van der Waals surface area (Å²) < 4.78 is 33.6. The van der Waals surface area contributed by atoms with Crippen molar-refractivity contribution in [3.63, 3.8) is 0 Å². The molecular formula is C32H39F2N5O2. The predicted molar refractivity (Wildman–Crippen MR) is 153 cm³/mol. The molecule has 0 radical (unpaired) electrons. The maximum Gasteiger partial charge on any atom is 0.318 e. The molecule has 0 bridgehead atoms. The number of aromatic nitrogens is 2. The van der Waals surface area contributed by atoms with E-state index in [1.807, 2.05) is 11.9 Å². The summed E-state index contributed by atoms with van der Waals surface area (Å²) in [5.41, 5.74) is 5.38. The highest BCUT2D eigenvalue weighted by Crippen LogP contribution is 2.49. The third-order valence-electron chi connectivity index (χ3n) is 10.6. The predicted octanol–water partition coefficient (Wildman–Crippen LogP) is 4.18. The molecule has 0 saturated carbocycles. The zero-order valence-corrected chi connectivity index (χ0v) is 23.9. The highest BCUT2D eigenvalue weighted by atomic mass is 19.1. The molecule has 218 valence electrons. The number of likely N-dealkylation sites (tertiary alicyclic amines) is 2. The van der Waals surface area contributed by atoms with Gasteiger partial charge in [0, 0.05) is 55.2 Å². The minimum absolute atomic E-state index is 0.0145. The first-order chi connectivity index (χ1) is 19.7. The molecule has 1 aromatic heterocycles. The number of nitrogens with zero attached hydrogens (tertiary/aromatic N) is 5. The van der Waals surface area contributed by atoms with Gasteiger partial charge in [0.25, 0.3) is 5.91 Å². The number of likely N-dealkylation sites (N-methyl/N-ethyl adjacent to an activating group) is 1. The fraction of sp³-hybridized carbons (Fsp3) is 0.594. The van der Waals surface area contributed by atoms with E-state index >= 15 is 0 Å². The summed E-state index contributed by atoms with van der Waals surface area (Å²) in [6, 6.07) is 9.25. The van der Waals surface area contributed by atoms with Gasteiger partial charge >= 0.3 is 6.01 Å². The molecular weight excluding hydrogens is 524 g/mol. The number of anilines is 1. The fourth-order valence-corrected chi connectivity index (χ4v) is 8.17. The minimum atomic E-state index is -0.883. The monoisotopic (exact) mass is 563 g/mol. The van der Waals surface area contributed by atoms with Gasteiger partial charge in [0.05, 0.1) is 5.69 Å². The van der Waals surface area contributed by atoms with Gasteiger partial charge in [-0.15, -0.1) is 0 Å². The molecule has 9 heteroatoms. The molecule has 2 aromatic rings. The lowest BCUT2D eigenvalue weighted by Crippen LogP contribution is -2.62. The van der Waals surface area contributed by atoms with Gasteiger partial charge in [0.15, 0.2) is 5.83 Å². The normalized spacial score (nSPS) is 28.5. The van der Waals surface area contributed by atoms with Crippen LogP contribution in [0.4, 0.5) is 14.6 Å². The van der Waals surface area contributed by atoms with Gasteiger partial charge in [0.1, 0.15) is 18.6 Å². The molecule has 1 unspecified atom stereocenters. The van der Waals surface area contributed by atoms with Crippen LogP contribution in [0.3, 0.4) is 0 Å². The summed E-state index contributed by atoms with van der Waals surface area (Å²) in [6.45, 7) is 6.80. The van der Waals surface area contributed by atoms with Crippen LogP contribution in [0, 0.1) is 5.41 Å². The van der Waals surface area contributed by atoms with E-state index in [1.165, 1.54) is 16.7 Å². The number of fused-ring (bicyclic) bond motifs is 3. The van der Waals surface area contributed by atoms with Crippen molar-refractivity contribution in [2.75, 3.05) is 51.3 Å². The van der Waals surface area contributed by atoms with Crippen molar-refractivity contribution in [1.29, 1.82) is 0 Å². The number of ether oxygens (including phenoxy) is 1. The topological polar surface area (TPSA) is 61.8 Å². The van der Waals surface area contributed by atoms with Gasteiger partial charge in [-0.05, 0) is 69.5 Å². The van der Waals surface area contributed by atoms with Gasteiger partial charge in [-0.1, -0.05) is 30.8 Å². The van der Waals surface area contributed by atoms with Crippen molar-refractivity contribution in [2.24, 2.45) is 5.41 Å². The summed E-state index contributed by atoms with van der Waals surface area (Å²) in [5.74, 6) is -0.501. The maximum atomic E-state index is 14.0. The van der Waals surface area contributed by atoms with Gasteiger partial charge in [0.2, 0.25) is 0 Å². The van der Waals surface area contributed by atoms with Crippen molar-refractivity contribution in [3.8, 4) is 6.01 Å². The lowest BCUT2D eigenvalue weighted by Gasteiger charge is -2.54. The quantitative estimate of drug-likeness (QED) is 0.509. The molecule has 41 heavy (non-hydrogen) atoms. The highest BCUT2D eigenvalue weighted by molar-refractivity contribution is 5.91. The summed E-state index contributed by atoms with van der Waals surface area (Å²) in [4.78, 5) is 27.9. The van der Waals surface area contributed by atoms with Crippen LogP contribution < -0.4 is 9.64 Å². The van der Waals surface area contributed by atoms with E-state index < -0.39 is 17.9 Å². The second-order valence-corrected chi connectivity index (χ2v) is 13.2. The average molecular weight is 564 g/mol. The minimum Gasteiger partial charge on any atom is -0.462 e. The molecule has 7 rings (SSSR count). The summed E-state index contributed by atoms with van der Waals surface area (Å²) in [7, 11) is 1.94. The SMILES string of the molecule is C=C(F)C(=O)N1CC2(CCN(c3nc(OC[C@@H]4C[C@@H](F)CN4C)nc4c3CCC3(CCc5ccccc53)C4)CC2)C1. The molecule has 3 atom stereocenters. The number of hydrogen-bond acceptors (Lipinski definition) is 6.